The number of hydrogen-bond donors (Lipinski definition) is 1. The maximum absolute atomic E-state index is 6.18. The first kappa shape index (κ1) is 17.2. The highest BCUT2D eigenvalue weighted by Gasteiger charge is 2.51. The molecular formula is C21H28N4O2. The third-order valence-corrected chi connectivity index (χ3v) is 6.60. The largest absolute Gasteiger partial charge is 0.474 e. The summed E-state index contributed by atoms with van der Waals surface area (Å²) in [6, 6.07) is 8.46. The van der Waals surface area contributed by atoms with E-state index < -0.39 is 0 Å². The average Bonchev–Trinajstić information content (AvgIpc) is 3.35. The molecule has 3 heterocycles. The number of likely N-dealkylation sites (tertiary alicyclic amines) is 1. The number of rotatable bonds is 6. The topological polar surface area (TPSA) is 63.3 Å². The highest BCUT2D eigenvalue weighted by Crippen LogP contribution is 2.44. The zero-order valence-corrected chi connectivity index (χ0v) is 15.9. The van der Waals surface area contributed by atoms with Gasteiger partial charge in [-0.1, -0.05) is 6.07 Å². The van der Waals surface area contributed by atoms with Crippen LogP contribution in [-0.4, -0.2) is 51.5 Å². The summed E-state index contributed by atoms with van der Waals surface area (Å²) < 4.78 is 12.3. The summed E-state index contributed by atoms with van der Waals surface area (Å²) in [6.45, 7) is 1.97. The number of hydrogen-bond acceptors (Lipinski definition) is 5. The molecule has 2 aromatic heterocycles. The normalized spacial score (nSPS) is 31.0. The highest BCUT2D eigenvalue weighted by atomic mass is 16.5. The van der Waals surface area contributed by atoms with Gasteiger partial charge in [-0.15, -0.1) is 0 Å². The van der Waals surface area contributed by atoms with Crippen molar-refractivity contribution in [1.82, 2.24) is 20.1 Å². The number of aromatic nitrogens is 3. The molecule has 0 unspecified atom stereocenters. The molecule has 27 heavy (non-hydrogen) atoms. The van der Waals surface area contributed by atoms with E-state index >= 15 is 0 Å². The second-order valence-corrected chi connectivity index (χ2v) is 8.28. The van der Waals surface area contributed by atoms with Gasteiger partial charge < -0.3 is 9.47 Å². The van der Waals surface area contributed by atoms with Crippen LogP contribution >= 0.6 is 0 Å². The van der Waals surface area contributed by atoms with Gasteiger partial charge in [0.15, 0.2) is 0 Å². The Labute approximate surface area is 160 Å². The number of nitrogens with one attached hydrogen (secondary N) is 1. The molecule has 3 aliphatic rings. The lowest BCUT2D eigenvalue weighted by Crippen LogP contribution is -2.52. The summed E-state index contributed by atoms with van der Waals surface area (Å²) in [5.41, 5.74) is 2.42. The lowest BCUT2D eigenvalue weighted by molar-refractivity contribution is -0.0844. The molecule has 0 radical (unpaired) electrons. The van der Waals surface area contributed by atoms with Crippen LogP contribution in [0.2, 0.25) is 0 Å². The van der Waals surface area contributed by atoms with Gasteiger partial charge in [-0.05, 0) is 44.2 Å². The molecule has 1 saturated heterocycles. The van der Waals surface area contributed by atoms with Crippen molar-refractivity contribution >= 4 is 0 Å². The van der Waals surface area contributed by atoms with Crippen molar-refractivity contribution in [3.63, 3.8) is 0 Å². The zero-order chi connectivity index (χ0) is 18.3. The van der Waals surface area contributed by atoms with Gasteiger partial charge in [-0.3, -0.25) is 10.00 Å². The molecule has 1 N–H and O–H groups in total. The van der Waals surface area contributed by atoms with Crippen LogP contribution in [0, 0.1) is 0 Å². The Balaban J connectivity index is 1.29. The molecule has 2 aromatic rings. The van der Waals surface area contributed by atoms with Gasteiger partial charge in [0.25, 0.3) is 0 Å². The summed E-state index contributed by atoms with van der Waals surface area (Å²) in [6.07, 6.45) is 8.68. The Hall–Kier alpha value is -1.92. The van der Waals surface area contributed by atoms with Crippen LogP contribution in [0.3, 0.4) is 0 Å². The number of aromatic amines is 1. The Morgan fingerprint density at radius 2 is 2.19 bits per heavy atom. The van der Waals surface area contributed by atoms with Crippen LogP contribution < -0.4 is 4.74 Å². The molecule has 3 atom stereocenters. The molecule has 1 aliphatic heterocycles. The average molecular weight is 368 g/mol. The number of ether oxygens (including phenoxy) is 2. The molecule has 0 amide bonds. The summed E-state index contributed by atoms with van der Waals surface area (Å²) in [4.78, 5) is 6.88. The fourth-order valence-corrected chi connectivity index (χ4v) is 4.91. The highest BCUT2D eigenvalue weighted by molar-refractivity contribution is 5.18. The molecule has 0 spiro atoms. The van der Waals surface area contributed by atoms with Crippen molar-refractivity contribution in [2.75, 3.05) is 13.7 Å². The van der Waals surface area contributed by atoms with Crippen molar-refractivity contribution in [3.05, 3.63) is 41.9 Å². The smallest absolute Gasteiger partial charge is 0.213 e. The third kappa shape index (κ3) is 3.36. The molecule has 6 heteroatoms. The minimum absolute atomic E-state index is 0.0384. The van der Waals surface area contributed by atoms with Crippen LogP contribution in [0.1, 0.15) is 55.8 Å². The second-order valence-electron chi connectivity index (χ2n) is 8.28. The lowest BCUT2D eigenvalue weighted by Gasteiger charge is -2.43. The lowest BCUT2D eigenvalue weighted by atomic mass is 9.79. The van der Waals surface area contributed by atoms with E-state index in [4.69, 9.17) is 9.47 Å². The molecule has 5 rings (SSSR count). The Bertz CT molecular complexity index is 775. The predicted molar refractivity (Wildman–Crippen MR) is 102 cm³/mol. The summed E-state index contributed by atoms with van der Waals surface area (Å²) >= 11 is 0. The van der Waals surface area contributed by atoms with Gasteiger partial charge >= 0.3 is 0 Å². The van der Waals surface area contributed by atoms with Gasteiger partial charge in [-0.2, -0.15) is 5.10 Å². The van der Waals surface area contributed by atoms with E-state index in [0.717, 1.165) is 44.7 Å². The molecule has 2 aliphatic carbocycles. The van der Waals surface area contributed by atoms with Crippen LogP contribution in [0.15, 0.2) is 30.5 Å². The summed E-state index contributed by atoms with van der Waals surface area (Å²) in [5, 5.41) is 7.77. The Morgan fingerprint density at radius 1 is 1.26 bits per heavy atom. The monoisotopic (exact) mass is 368 g/mol. The fraction of sp³-hybridized carbons (Fsp3) is 0.619. The van der Waals surface area contributed by atoms with Gasteiger partial charge in [-0.25, -0.2) is 4.98 Å². The number of nitrogens with zero attached hydrogens (tertiary/aromatic N) is 3. The predicted octanol–water partition coefficient (Wildman–Crippen LogP) is 3.27. The van der Waals surface area contributed by atoms with E-state index in [-0.39, 0.29) is 11.7 Å². The van der Waals surface area contributed by atoms with Gasteiger partial charge in [0.05, 0.1) is 11.3 Å². The van der Waals surface area contributed by atoms with E-state index in [9.17, 15) is 0 Å². The molecule has 2 saturated carbocycles. The molecular weight excluding hydrogens is 340 g/mol. The summed E-state index contributed by atoms with van der Waals surface area (Å²) in [7, 11) is 1.87. The van der Waals surface area contributed by atoms with E-state index in [2.05, 4.69) is 26.1 Å². The van der Waals surface area contributed by atoms with Crippen molar-refractivity contribution in [1.29, 1.82) is 0 Å². The van der Waals surface area contributed by atoms with Gasteiger partial charge in [0, 0.05) is 56.5 Å². The SMILES string of the molecule is CO[C@@]12CC[C@H](Oc3ccccn3)C[C@@H]1N(Cc1cc(C3CC3)n[nH]1)CC2. The summed E-state index contributed by atoms with van der Waals surface area (Å²) in [5.74, 6) is 1.41. The standard InChI is InChI=1S/C21H28N4O2/c1-26-21-8-7-17(27-20-4-2-3-10-22-20)13-19(21)25(11-9-21)14-16-12-18(24-23-16)15-5-6-15/h2-4,10,12,15,17,19H,5-9,11,13-14H2,1H3,(H,23,24)/t17-,19-,21+/m0/s1. The van der Waals surface area contributed by atoms with E-state index in [0.29, 0.717) is 12.0 Å². The molecule has 0 bridgehead atoms. The maximum atomic E-state index is 6.18. The number of fused-ring (bicyclic) bond motifs is 1. The number of H-pyrrole nitrogens is 1. The van der Waals surface area contributed by atoms with E-state index in [1.54, 1.807) is 6.20 Å². The quantitative estimate of drug-likeness (QED) is 0.848. The first-order chi connectivity index (χ1) is 13.3. The van der Waals surface area contributed by atoms with E-state index in [1.807, 2.05) is 25.3 Å². The van der Waals surface area contributed by atoms with Crippen molar-refractivity contribution in [2.24, 2.45) is 0 Å². The van der Waals surface area contributed by atoms with Crippen molar-refractivity contribution < 1.29 is 9.47 Å². The van der Waals surface area contributed by atoms with Gasteiger partial charge in [0.2, 0.25) is 5.88 Å². The van der Waals surface area contributed by atoms with Crippen LogP contribution in [0.4, 0.5) is 0 Å². The third-order valence-electron chi connectivity index (χ3n) is 6.60. The van der Waals surface area contributed by atoms with E-state index in [1.165, 1.54) is 24.2 Å². The van der Waals surface area contributed by atoms with Gasteiger partial charge in [0.1, 0.15) is 6.10 Å². The Morgan fingerprint density at radius 3 is 2.96 bits per heavy atom. The fourth-order valence-electron chi connectivity index (χ4n) is 4.91. The number of pyridine rings is 1. The first-order valence-electron chi connectivity index (χ1n) is 10.2. The second kappa shape index (κ2) is 6.91. The minimum Gasteiger partial charge on any atom is -0.474 e. The number of methoxy groups -OCH3 is 1. The minimum atomic E-state index is -0.0384. The molecule has 6 nitrogen and oxygen atoms in total. The molecule has 3 fully saturated rings. The Kier molecular flexibility index (Phi) is 4.40. The van der Waals surface area contributed by atoms with Crippen molar-refractivity contribution in [3.8, 4) is 5.88 Å². The molecule has 0 aromatic carbocycles. The zero-order valence-electron chi connectivity index (χ0n) is 15.9. The van der Waals surface area contributed by atoms with Crippen LogP contribution in [-0.2, 0) is 11.3 Å². The molecule has 144 valence electrons. The van der Waals surface area contributed by atoms with Crippen LogP contribution in [0.5, 0.6) is 5.88 Å². The maximum Gasteiger partial charge on any atom is 0.213 e. The van der Waals surface area contributed by atoms with Crippen molar-refractivity contribution in [2.45, 2.75) is 68.7 Å². The first-order valence-corrected chi connectivity index (χ1v) is 10.2. The van der Waals surface area contributed by atoms with Crippen LogP contribution in [0.25, 0.3) is 0 Å².